The average molecular weight is 237 g/mol. The number of hydrogen-bond acceptors (Lipinski definition) is 2. The van der Waals surface area contributed by atoms with Gasteiger partial charge in [0.1, 0.15) is 5.78 Å². The molecule has 0 bridgehead atoms. The van der Waals surface area contributed by atoms with E-state index in [9.17, 15) is 4.79 Å². The van der Waals surface area contributed by atoms with Crippen LogP contribution < -0.4 is 0 Å². The molecule has 0 radical (unpaired) electrons. The Morgan fingerprint density at radius 3 is 2.65 bits per heavy atom. The summed E-state index contributed by atoms with van der Waals surface area (Å²) in [5.74, 6) is 1.64. The molecule has 17 heavy (non-hydrogen) atoms. The van der Waals surface area contributed by atoms with Crippen molar-refractivity contribution in [2.75, 3.05) is 13.6 Å². The number of carbonyl (C=O) groups excluding carboxylic acids is 1. The van der Waals surface area contributed by atoms with Gasteiger partial charge in [0.05, 0.1) is 0 Å². The lowest BCUT2D eigenvalue weighted by atomic mass is 9.94. The second-order valence-corrected chi connectivity index (χ2v) is 5.27. The highest BCUT2D eigenvalue weighted by molar-refractivity contribution is 5.80. The Labute approximate surface area is 106 Å². The van der Waals surface area contributed by atoms with Gasteiger partial charge in [0.15, 0.2) is 0 Å². The molecule has 0 saturated heterocycles. The molecule has 1 saturated carbocycles. The Morgan fingerprint density at radius 1 is 1.41 bits per heavy atom. The van der Waals surface area contributed by atoms with Crippen LogP contribution >= 0.6 is 0 Å². The Morgan fingerprint density at radius 2 is 2.12 bits per heavy atom. The molecular weight excluding hydrogens is 210 g/mol. The highest BCUT2D eigenvalue weighted by Gasteiger charge is 2.21. The van der Waals surface area contributed by atoms with Crippen LogP contribution in [-0.4, -0.2) is 24.3 Å². The minimum absolute atomic E-state index is 0.276. The highest BCUT2D eigenvalue weighted by Crippen LogP contribution is 2.29. The van der Waals surface area contributed by atoms with Crippen LogP contribution in [0.4, 0.5) is 0 Å². The number of hydrogen-bond donors (Lipinski definition) is 0. The molecule has 1 unspecified atom stereocenters. The maximum atomic E-state index is 11.6. The predicted molar refractivity (Wildman–Crippen MR) is 72.8 cm³/mol. The Balaban J connectivity index is 2.15. The first-order valence-corrected chi connectivity index (χ1v) is 7.07. The van der Waals surface area contributed by atoms with Crippen molar-refractivity contribution >= 4 is 5.78 Å². The lowest BCUT2D eigenvalue weighted by molar-refractivity contribution is -0.122. The fourth-order valence-corrected chi connectivity index (χ4v) is 2.20. The van der Waals surface area contributed by atoms with Gasteiger partial charge in [-0.1, -0.05) is 19.9 Å². The summed E-state index contributed by atoms with van der Waals surface area (Å²) in [5.41, 5.74) is 0. The van der Waals surface area contributed by atoms with E-state index in [1.807, 2.05) is 6.92 Å². The van der Waals surface area contributed by atoms with Gasteiger partial charge in [-0.15, -0.1) is 0 Å². The molecule has 0 aromatic carbocycles. The zero-order chi connectivity index (χ0) is 12.7. The molecule has 98 valence electrons. The Kier molecular flexibility index (Phi) is 6.31. The molecule has 2 heteroatoms. The molecular formula is C15H27NO. The van der Waals surface area contributed by atoms with E-state index in [1.54, 1.807) is 0 Å². The fraction of sp³-hybridized carbons (Fsp3) is 0.800. The van der Waals surface area contributed by atoms with Crippen LogP contribution in [0.3, 0.4) is 0 Å². The van der Waals surface area contributed by atoms with Gasteiger partial charge in [-0.05, 0) is 44.2 Å². The van der Waals surface area contributed by atoms with Crippen molar-refractivity contribution in [2.24, 2.45) is 11.8 Å². The van der Waals surface area contributed by atoms with Gasteiger partial charge >= 0.3 is 0 Å². The van der Waals surface area contributed by atoms with Crippen molar-refractivity contribution in [1.29, 1.82) is 0 Å². The third kappa shape index (κ3) is 5.90. The molecule has 0 heterocycles. The summed E-state index contributed by atoms with van der Waals surface area (Å²) >= 11 is 0. The third-order valence-electron chi connectivity index (χ3n) is 3.58. The minimum atomic E-state index is 0.276. The SMILES string of the molecule is CCC(=O)C(CC)CCC=CN(C)CC1CC1. The first-order chi connectivity index (χ1) is 8.17. The van der Waals surface area contributed by atoms with Crippen LogP contribution in [0.15, 0.2) is 12.3 Å². The molecule has 2 nitrogen and oxygen atoms in total. The molecule has 1 rings (SSSR count). The molecule has 1 atom stereocenters. The number of allylic oxidation sites excluding steroid dienone is 1. The van der Waals surface area contributed by atoms with Gasteiger partial charge < -0.3 is 4.90 Å². The first-order valence-electron chi connectivity index (χ1n) is 7.07. The number of Topliss-reactive ketones (excluding diaryl/α,β-unsaturated/α-hetero) is 1. The monoisotopic (exact) mass is 237 g/mol. The van der Waals surface area contributed by atoms with E-state index in [-0.39, 0.29) is 5.92 Å². The van der Waals surface area contributed by atoms with Gasteiger partial charge in [0.2, 0.25) is 0 Å². The third-order valence-corrected chi connectivity index (χ3v) is 3.58. The van der Waals surface area contributed by atoms with E-state index >= 15 is 0 Å². The highest BCUT2D eigenvalue weighted by atomic mass is 16.1. The summed E-state index contributed by atoms with van der Waals surface area (Å²) in [4.78, 5) is 13.9. The molecule has 1 aliphatic rings. The van der Waals surface area contributed by atoms with E-state index in [0.29, 0.717) is 12.2 Å². The number of rotatable bonds is 9. The van der Waals surface area contributed by atoms with Crippen LogP contribution in [0, 0.1) is 11.8 Å². The summed E-state index contributed by atoms with van der Waals surface area (Å²) in [6.45, 7) is 5.27. The maximum absolute atomic E-state index is 11.6. The smallest absolute Gasteiger partial charge is 0.135 e. The van der Waals surface area contributed by atoms with Crippen LogP contribution in [0.25, 0.3) is 0 Å². The lowest BCUT2D eigenvalue weighted by Crippen LogP contribution is -2.14. The van der Waals surface area contributed by atoms with Crippen LogP contribution in [0.2, 0.25) is 0 Å². The van der Waals surface area contributed by atoms with Gasteiger partial charge in [0.25, 0.3) is 0 Å². The number of ketones is 1. The van der Waals surface area contributed by atoms with Gasteiger partial charge in [-0.2, -0.15) is 0 Å². The van der Waals surface area contributed by atoms with Crippen molar-refractivity contribution in [3.63, 3.8) is 0 Å². The first kappa shape index (κ1) is 14.3. The van der Waals surface area contributed by atoms with Crippen molar-refractivity contribution < 1.29 is 4.79 Å². The topological polar surface area (TPSA) is 20.3 Å². The molecule has 1 fully saturated rings. The van der Waals surface area contributed by atoms with Crippen molar-refractivity contribution in [3.8, 4) is 0 Å². The Bertz CT molecular complexity index is 256. The van der Waals surface area contributed by atoms with Crippen molar-refractivity contribution in [1.82, 2.24) is 4.90 Å². The second kappa shape index (κ2) is 7.52. The molecule has 0 aliphatic heterocycles. The lowest BCUT2D eigenvalue weighted by Gasteiger charge is -2.13. The maximum Gasteiger partial charge on any atom is 0.135 e. The molecule has 0 amide bonds. The van der Waals surface area contributed by atoms with E-state index in [0.717, 1.165) is 25.2 Å². The van der Waals surface area contributed by atoms with E-state index in [2.05, 4.69) is 31.1 Å². The number of carbonyl (C=O) groups is 1. The summed E-state index contributed by atoms with van der Waals surface area (Å²) in [5, 5.41) is 0. The molecule has 0 aromatic heterocycles. The van der Waals surface area contributed by atoms with Crippen molar-refractivity contribution in [2.45, 2.75) is 52.4 Å². The van der Waals surface area contributed by atoms with Crippen molar-refractivity contribution in [3.05, 3.63) is 12.3 Å². The van der Waals surface area contributed by atoms with Crippen LogP contribution in [0.5, 0.6) is 0 Å². The van der Waals surface area contributed by atoms with Gasteiger partial charge in [-0.3, -0.25) is 4.79 Å². The molecule has 1 aliphatic carbocycles. The predicted octanol–water partition coefficient (Wildman–Crippen LogP) is 3.63. The summed E-state index contributed by atoms with van der Waals surface area (Å²) in [6.07, 6.45) is 10.9. The van der Waals surface area contributed by atoms with Gasteiger partial charge in [0, 0.05) is 25.9 Å². The summed E-state index contributed by atoms with van der Waals surface area (Å²) in [6, 6.07) is 0. The van der Waals surface area contributed by atoms with E-state index in [4.69, 9.17) is 0 Å². The zero-order valence-corrected chi connectivity index (χ0v) is 11.6. The largest absolute Gasteiger partial charge is 0.380 e. The van der Waals surface area contributed by atoms with Gasteiger partial charge in [-0.25, -0.2) is 0 Å². The molecule has 0 spiro atoms. The zero-order valence-electron chi connectivity index (χ0n) is 11.6. The minimum Gasteiger partial charge on any atom is -0.380 e. The van der Waals surface area contributed by atoms with E-state index in [1.165, 1.54) is 19.4 Å². The van der Waals surface area contributed by atoms with Crippen LogP contribution in [0.1, 0.15) is 52.4 Å². The second-order valence-electron chi connectivity index (χ2n) is 5.27. The molecule has 0 aromatic rings. The number of nitrogens with zero attached hydrogens (tertiary/aromatic N) is 1. The standard InChI is InChI=1S/C15H27NO/c1-4-14(15(17)5-2)8-6-7-11-16(3)12-13-9-10-13/h7,11,13-14H,4-6,8-10,12H2,1-3H3. The fourth-order valence-electron chi connectivity index (χ4n) is 2.20. The average Bonchev–Trinajstić information content (AvgIpc) is 3.12. The quantitative estimate of drug-likeness (QED) is 0.610. The van der Waals surface area contributed by atoms with Crippen LogP contribution in [-0.2, 0) is 4.79 Å². The normalized spacial score (nSPS) is 17.4. The van der Waals surface area contributed by atoms with E-state index < -0.39 is 0 Å². The summed E-state index contributed by atoms with van der Waals surface area (Å²) < 4.78 is 0. The Hall–Kier alpha value is -0.790. The summed E-state index contributed by atoms with van der Waals surface area (Å²) in [7, 11) is 2.14. The molecule has 0 N–H and O–H groups in total.